The molecule has 0 fully saturated rings. The highest BCUT2D eigenvalue weighted by Crippen LogP contribution is 2.40. The largest absolute Gasteiger partial charge is 0.507 e. The zero-order valence-electron chi connectivity index (χ0n) is 16.3. The Morgan fingerprint density at radius 2 is 1.86 bits per heavy atom. The van der Waals surface area contributed by atoms with Crippen molar-refractivity contribution in [2.75, 3.05) is 0 Å². The second kappa shape index (κ2) is 8.42. The molecule has 0 bridgehead atoms. The molecule has 0 unspecified atom stereocenters. The van der Waals surface area contributed by atoms with Crippen LogP contribution in [0.5, 0.6) is 5.75 Å². The molecule has 0 amide bonds. The Balaban J connectivity index is 2.13. The number of phenols is 1. The summed E-state index contributed by atoms with van der Waals surface area (Å²) in [6.07, 6.45) is 0. The Morgan fingerprint density at radius 1 is 1.24 bits per heavy atom. The van der Waals surface area contributed by atoms with E-state index < -0.39 is 11.6 Å². The van der Waals surface area contributed by atoms with Gasteiger partial charge in [0.15, 0.2) is 0 Å². The highest BCUT2D eigenvalue weighted by molar-refractivity contribution is 9.10. The number of hydrogen-bond donors (Lipinski definition) is 1. The Labute approximate surface area is 192 Å². The molecule has 154 valence electrons. The molecule has 3 rings (SSSR count). The van der Waals surface area contributed by atoms with Crippen molar-refractivity contribution in [1.82, 2.24) is 4.57 Å². The first-order valence-electron chi connectivity index (χ1n) is 8.79. The van der Waals surface area contributed by atoms with Crippen LogP contribution in [0.1, 0.15) is 36.8 Å². The van der Waals surface area contributed by atoms with Gasteiger partial charge in [-0.2, -0.15) is 0 Å². The molecule has 4 nitrogen and oxygen atoms in total. The maximum Gasteiger partial charge on any atom is 0.341 e. The second-order valence-electron chi connectivity index (χ2n) is 7.54. The molecule has 8 heteroatoms. The monoisotopic (exact) mass is 515 g/mol. The first-order valence-corrected chi connectivity index (χ1v) is 11.3. The van der Waals surface area contributed by atoms with Crippen molar-refractivity contribution >= 4 is 67.8 Å². The first kappa shape index (κ1) is 22.3. The number of halogens is 3. The van der Waals surface area contributed by atoms with E-state index in [1.54, 1.807) is 30.3 Å². The molecular formula is C21H20BrCl2NO3S. The molecule has 3 aromatic rings. The number of nitrogens with zero attached hydrogens (tertiary/aromatic N) is 1. The standard InChI is InChI=1S/C21H20BrCl2NO3S/c1-21(2,3)28-20(27)18-11-8-17(26)12(22)9-15(11)25(4)16(18)10-29-19-13(23)6-5-7-14(19)24/h5-9,26H,10H2,1-4H3. The molecule has 0 saturated carbocycles. The number of carbonyl (C=O) groups is 1. The minimum absolute atomic E-state index is 0.0567. The average Bonchev–Trinajstić information content (AvgIpc) is 2.85. The number of aromatic hydroxyl groups is 1. The van der Waals surface area contributed by atoms with Crippen LogP contribution in [0.2, 0.25) is 10.0 Å². The Kier molecular flexibility index (Phi) is 6.49. The third-order valence-corrected chi connectivity index (χ3v) is 6.90. The predicted molar refractivity (Wildman–Crippen MR) is 123 cm³/mol. The maximum atomic E-state index is 13.1. The normalized spacial score (nSPS) is 11.8. The van der Waals surface area contributed by atoms with E-state index in [1.807, 2.05) is 32.4 Å². The summed E-state index contributed by atoms with van der Waals surface area (Å²) in [5, 5.41) is 11.9. The summed E-state index contributed by atoms with van der Waals surface area (Å²) in [6.45, 7) is 5.46. The molecular weight excluding hydrogens is 497 g/mol. The van der Waals surface area contributed by atoms with E-state index >= 15 is 0 Å². The zero-order chi connectivity index (χ0) is 21.5. The van der Waals surface area contributed by atoms with Gasteiger partial charge >= 0.3 is 5.97 Å². The molecule has 0 radical (unpaired) electrons. The highest BCUT2D eigenvalue weighted by atomic mass is 79.9. The number of esters is 1. The number of benzene rings is 2. The van der Waals surface area contributed by atoms with Crippen LogP contribution in [-0.4, -0.2) is 21.2 Å². The third kappa shape index (κ3) is 4.71. The first-order chi connectivity index (χ1) is 13.5. The fraction of sp³-hybridized carbons (Fsp3) is 0.286. The van der Waals surface area contributed by atoms with E-state index in [0.29, 0.717) is 31.2 Å². The van der Waals surface area contributed by atoms with Crippen LogP contribution < -0.4 is 0 Å². The van der Waals surface area contributed by atoms with Crippen LogP contribution in [-0.2, 0) is 17.5 Å². The van der Waals surface area contributed by atoms with Crippen molar-refractivity contribution in [2.24, 2.45) is 7.05 Å². The quantitative estimate of drug-likeness (QED) is 0.294. The van der Waals surface area contributed by atoms with E-state index in [1.165, 1.54) is 11.8 Å². The van der Waals surface area contributed by atoms with Gasteiger partial charge in [-0.3, -0.25) is 0 Å². The van der Waals surface area contributed by atoms with E-state index in [4.69, 9.17) is 27.9 Å². The third-order valence-electron chi connectivity index (χ3n) is 4.26. The van der Waals surface area contributed by atoms with Gasteiger partial charge < -0.3 is 14.4 Å². The van der Waals surface area contributed by atoms with Crippen LogP contribution >= 0.6 is 50.9 Å². The molecule has 2 aromatic carbocycles. The Morgan fingerprint density at radius 3 is 2.45 bits per heavy atom. The molecule has 0 aliphatic carbocycles. The number of fused-ring (bicyclic) bond motifs is 1. The van der Waals surface area contributed by atoms with Crippen LogP contribution in [0, 0.1) is 0 Å². The minimum atomic E-state index is -0.646. The van der Waals surface area contributed by atoms with Gasteiger partial charge in [-0.1, -0.05) is 29.3 Å². The fourth-order valence-corrected chi connectivity index (χ4v) is 5.07. The summed E-state index contributed by atoms with van der Waals surface area (Å²) < 4.78 is 8.13. The van der Waals surface area contributed by atoms with Gasteiger partial charge in [0, 0.05) is 28.8 Å². The zero-order valence-corrected chi connectivity index (χ0v) is 20.3. The predicted octanol–water partition coefficient (Wildman–Crippen LogP) is 7.20. The summed E-state index contributed by atoms with van der Waals surface area (Å²) in [5.74, 6) is 0.0636. The van der Waals surface area contributed by atoms with Crippen molar-refractivity contribution < 1.29 is 14.6 Å². The molecule has 0 spiro atoms. The number of aryl methyl sites for hydroxylation is 1. The Hall–Kier alpha value is -1.34. The van der Waals surface area contributed by atoms with E-state index in [9.17, 15) is 9.90 Å². The van der Waals surface area contributed by atoms with Crippen LogP contribution in [0.4, 0.5) is 0 Å². The number of ether oxygens (including phenoxy) is 1. The average molecular weight is 517 g/mol. The van der Waals surface area contributed by atoms with Gasteiger partial charge in [0.05, 0.1) is 25.6 Å². The number of rotatable bonds is 4. The van der Waals surface area contributed by atoms with E-state index in [-0.39, 0.29) is 5.75 Å². The summed E-state index contributed by atoms with van der Waals surface area (Å²) in [6, 6.07) is 8.71. The topological polar surface area (TPSA) is 51.5 Å². The van der Waals surface area contributed by atoms with Crippen LogP contribution in [0.15, 0.2) is 39.7 Å². The summed E-state index contributed by atoms with van der Waals surface area (Å²) in [5.41, 5.74) is 1.34. The second-order valence-corrected chi connectivity index (χ2v) is 10.2. The van der Waals surface area contributed by atoms with Crippen LogP contribution in [0.3, 0.4) is 0 Å². The van der Waals surface area contributed by atoms with Crippen LogP contribution in [0.25, 0.3) is 10.9 Å². The van der Waals surface area contributed by atoms with Crippen molar-refractivity contribution in [3.8, 4) is 5.75 Å². The number of thioether (sulfide) groups is 1. The van der Waals surface area contributed by atoms with Crippen molar-refractivity contribution in [2.45, 2.75) is 37.0 Å². The Bertz CT molecular complexity index is 1090. The van der Waals surface area contributed by atoms with E-state index in [2.05, 4.69) is 15.9 Å². The van der Waals surface area contributed by atoms with E-state index in [0.717, 1.165) is 16.1 Å². The number of aromatic nitrogens is 1. The van der Waals surface area contributed by atoms with Crippen molar-refractivity contribution in [1.29, 1.82) is 0 Å². The molecule has 29 heavy (non-hydrogen) atoms. The lowest BCUT2D eigenvalue weighted by atomic mass is 10.1. The number of phenolic OH excluding ortho intramolecular Hbond substituents is 1. The van der Waals surface area contributed by atoms with Gasteiger partial charge in [0.1, 0.15) is 11.4 Å². The lowest BCUT2D eigenvalue weighted by molar-refractivity contribution is 0.00707. The molecule has 0 aliphatic heterocycles. The van der Waals surface area contributed by atoms with Gasteiger partial charge in [-0.05, 0) is 61.0 Å². The van der Waals surface area contributed by atoms with Gasteiger partial charge in [0.25, 0.3) is 0 Å². The SMILES string of the molecule is Cn1c(CSc2c(Cl)cccc2Cl)c(C(=O)OC(C)(C)C)c2cc(O)c(Br)cc21. The molecule has 0 aliphatic rings. The molecule has 1 aromatic heterocycles. The summed E-state index contributed by atoms with van der Waals surface area (Å²) >= 11 is 17.4. The van der Waals surface area contributed by atoms with Gasteiger partial charge in [-0.15, -0.1) is 11.8 Å². The summed E-state index contributed by atoms with van der Waals surface area (Å²) in [4.78, 5) is 13.8. The lowest BCUT2D eigenvalue weighted by Crippen LogP contribution is -2.24. The molecule has 1 heterocycles. The molecule has 0 saturated heterocycles. The van der Waals surface area contributed by atoms with Gasteiger partial charge in [-0.25, -0.2) is 4.79 Å². The fourth-order valence-electron chi connectivity index (χ4n) is 2.98. The summed E-state index contributed by atoms with van der Waals surface area (Å²) in [7, 11) is 1.88. The lowest BCUT2D eigenvalue weighted by Gasteiger charge is -2.20. The van der Waals surface area contributed by atoms with Crippen molar-refractivity contribution in [3.63, 3.8) is 0 Å². The minimum Gasteiger partial charge on any atom is -0.507 e. The number of carbonyl (C=O) groups excluding carboxylic acids is 1. The highest BCUT2D eigenvalue weighted by Gasteiger charge is 2.27. The molecule has 1 N–H and O–H groups in total. The number of hydrogen-bond acceptors (Lipinski definition) is 4. The smallest absolute Gasteiger partial charge is 0.341 e. The molecule has 0 atom stereocenters. The maximum absolute atomic E-state index is 13.1. The van der Waals surface area contributed by atoms with Gasteiger partial charge in [0.2, 0.25) is 0 Å². The van der Waals surface area contributed by atoms with Crippen molar-refractivity contribution in [3.05, 3.63) is 56.1 Å².